The molecule has 0 fully saturated rings. The Morgan fingerprint density at radius 1 is 1.35 bits per heavy atom. The number of hydrogen-bond donors (Lipinski definition) is 2. The Bertz CT molecular complexity index is 400. The number of H-pyrrole nitrogens is 1. The molecule has 1 unspecified atom stereocenters. The maximum absolute atomic E-state index is 12.0. The molecule has 0 saturated heterocycles. The van der Waals surface area contributed by atoms with Crippen LogP contribution in [0, 0.1) is 0 Å². The third kappa shape index (κ3) is 4.47. The largest absolute Gasteiger partial charge is 0.284 e. The van der Waals surface area contributed by atoms with Crippen LogP contribution in [0.2, 0.25) is 0 Å². The minimum atomic E-state index is -3.41. The Balaban J connectivity index is 2.65. The highest BCUT2D eigenvalue weighted by Crippen LogP contribution is 2.12. The molecule has 5 nitrogen and oxygen atoms in total. The molecule has 1 heterocycles. The van der Waals surface area contributed by atoms with Gasteiger partial charge in [0.05, 0.1) is 6.20 Å². The van der Waals surface area contributed by atoms with Crippen LogP contribution in [-0.4, -0.2) is 24.7 Å². The second-order valence-electron chi connectivity index (χ2n) is 4.18. The van der Waals surface area contributed by atoms with E-state index in [2.05, 4.69) is 28.8 Å². The zero-order valence-corrected chi connectivity index (χ0v) is 11.3. The van der Waals surface area contributed by atoms with Crippen molar-refractivity contribution >= 4 is 10.0 Å². The Hall–Kier alpha value is -0.880. The summed E-state index contributed by atoms with van der Waals surface area (Å²) < 4.78 is 26.7. The highest BCUT2D eigenvalue weighted by Gasteiger charge is 2.19. The molecule has 0 aliphatic rings. The van der Waals surface area contributed by atoms with E-state index in [0.717, 1.165) is 32.1 Å². The van der Waals surface area contributed by atoms with Crippen molar-refractivity contribution < 1.29 is 8.42 Å². The normalized spacial score (nSPS) is 13.8. The molecule has 17 heavy (non-hydrogen) atoms. The van der Waals surface area contributed by atoms with Gasteiger partial charge in [-0.15, -0.1) is 0 Å². The van der Waals surface area contributed by atoms with Crippen LogP contribution >= 0.6 is 0 Å². The van der Waals surface area contributed by atoms with Crippen molar-refractivity contribution in [3.8, 4) is 0 Å². The number of aromatic nitrogens is 2. The fraction of sp³-hybridized carbons (Fsp3) is 0.727. The van der Waals surface area contributed by atoms with E-state index in [1.807, 2.05) is 0 Å². The van der Waals surface area contributed by atoms with Crippen LogP contribution in [0.4, 0.5) is 0 Å². The summed E-state index contributed by atoms with van der Waals surface area (Å²) in [6, 6.07) is 0.0276. The SMILES string of the molecule is CCCCC(CCC)NS(=O)(=O)c1cn[nH]c1. The highest BCUT2D eigenvalue weighted by atomic mass is 32.2. The van der Waals surface area contributed by atoms with E-state index >= 15 is 0 Å². The molecule has 0 spiro atoms. The molecule has 0 aromatic carbocycles. The first kappa shape index (κ1) is 14.2. The quantitative estimate of drug-likeness (QED) is 0.750. The molecular weight excluding hydrogens is 238 g/mol. The maximum atomic E-state index is 12.0. The number of aromatic amines is 1. The van der Waals surface area contributed by atoms with E-state index in [9.17, 15) is 8.42 Å². The molecule has 1 aromatic heterocycles. The second-order valence-corrected chi connectivity index (χ2v) is 5.90. The maximum Gasteiger partial charge on any atom is 0.243 e. The van der Waals surface area contributed by atoms with Crippen molar-refractivity contribution in [2.24, 2.45) is 0 Å². The summed E-state index contributed by atoms with van der Waals surface area (Å²) in [4.78, 5) is 0.204. The van der Waals surface area contributed by atoms with E-state index in [0.29, 0.717) is 0 Å². The average molecular weight is 259 g/mol. The van der Waals surface area contributed by atoms with Gasteiger partial charge in [-0.05, 0) is 12.8 Å². The van der Waals surface area contributed by atoms with E-state index in [-0.39, 0.29) is 10.9 Å². The van der Waals surface area contributed by atoms with Gasteiger partial charge in [-0.2, -0.15) is 5.10 Å². The molecule has 1 aromatic rings. The molecule has 0 saturated carbocycles. The van der Waals surface area contributed by atoms with Crippen molar-refractivity contribution in [3.63, 3.8) is 0 Å². The third-order valence-electron chi connectivity index (χ3n) is 2.65. The summed E-state index contributed by atoms with van der Waals surface area (Å²) in [5, 5.41) is 6.17. The van der Waals surface area contributed by atoms with Crippen LogP contribution in [-0.2, 0) is 10.0 Å². The zero-order valence-electron chi connectivity index (χ0n) is 10.4. The van der Waals surface area contributed by atoms with Gasteiger partial charge < -0.3 is 0 Å². The lowest BCUT2D eigenvalue weighted by Crippen LogP contribution is -2.34. The summed E-state index contributed by atoms with van der Waals surface area (Å²) in [6.45, 7) is 4.17. The summed E-state index contributed by atoms with van der Waals surface area (Å²) in [5.41, 5.74) is 0. The number of hydrogen-bond acceptors (Lipinski definition) is 3. The van der Waals surface area contributed by atoms with Gasteiger partial charge in [0.25, 0.3) is 0 Å². The molecule has 6 heteroatoms. The molecule has 1 rings (SSSR count). The number of sulfonamides is 1. The summed E-state index contributed by atoms with van der Waals surface area (Å²) >= 11 is 0. The van der Waals surface area contributed by atoms with Crippen molar-refractivity contribution in [2.45, 2.75) is 56.9 Å². The smallest absolute Gasteiger partial charge is 0.243 e. The predicted octanol–water partition coefficient (Wildman–Crippen LogP) is 2.05. The van der Waals surface area contributed by atoms with Gasteiger partial charge in [-0.1, -0.05) is 33.1 Å². The summed E-state index contributed by atoms with van der Waals surface area (Å²) in [5.74, 6) is 0. The number of nitrogens with one attached hydrogen (secondary N) is 2. The molecular formula is C11H21N3O2S. The Morgan fingerprint density at radius 3 is 2.65 bits per heavy atom. The number of rotatable bonds is 8. The van der Waals surface area contributed by atoms with E-state index in [1.165, 1.54) is 12.4 Å². The van der Waals surface area contributed by atoms with Crippen LogP contribution in [0.25, 0.3) is 0 Å². The van der Waals surface area contributed by atoms with Crippen molar-refractivity contribution in [1.29, 1.82) is 0 Å². The minimum absolute atomic E-state index is 0.0276. The van der Waals surface area contributed by atoms with Gasteiger partial charge in [0.15, 0.2) is 0 Å². The lowest BCUT2D eigenvalue weighted by atomic mass is 10.1. The number of nitrogens with zero attached hydrogens (tertiary/aromatic N) is 1. The van der Waals surface area contributed by atoms with Crippen molar-refractivity contribution in [2.75, 3.05) is 0 Å². The molecule has 0 amide bonds. The topological polar surface area (TPSA) is 74.8 Å². The lowest BCUT2D eigenvalue weighted by molar-refractivity contribution is 0.483. The zero-order chi connectivity index (χ0) is 12.7. The average Bonchev–Trinajstić information content (AvgIpc) is 2.80. The Labute approximate surface area is 103 Å². The lowest BCUT2D eigenvalue weighted by Gasteiger charge is -2.17. The van der Waals surface area contributed by atoms with Crippen molar-refractivity contribution in [3.05, 3.63) is 12.4 Å². The predicted molar refractivity (Wildman–Crippen MR) is 67.1 cm³/mol. The highest BCUT2D eigenvalue weighted by molar-refractivity contribution is 7.89. The van der Waals surface area contributed by atoms with E-state index in [4.69, 9.17) is 0 Å². The van der Waals surface area contributed by atoms with Crippen LogP contribution in [0.5, 0.6) is 0 Å². The van der Waals surface area contributed by atoms with Crippen LogP contribution < -0.4 is 4.72 Å². The molecule has 98 valence electrons. The van der Waals surface area contributed by atoms with Crippen LogP contribution in [0.15, 0.2) is 17.3 Å². The third-order valence-corrected chi connectivity index (χ3v) is 4.14. The minimum Gasteiger partial charge on any atom is -0.284 e. The van der Waals surface area contributed by atoms with Gasteiger partial charge in [-0.3, -0.25) is 5.10 Å². The van der Waals surface area contributed by atoms with Gasteiger partial charge in [0.2, 0.25) is 10.0 Å². The molecule has 2 N–H and O–H groups in total. The molecule has 1 atom stereocenters. The van der Waals surface area contributed by atoms with Gasteiger partial charge >= 0.3 is 0 Å². The van der Waals surface area contributed by atoms with Gasteiger partial charge in [0.1, 0.15) is 4.90 Å². The molecule has 0 radical (unpaired) electrons. The standard InChI is InChI=1S/C11H21N3O2S/c1-3-5-7-10(6-4-2)14-17(15,16)11-8-12-13-9-11/h8-10,14H,3-7H2,1-2H3,(H,12,13). The van der Waals surface area contributed by atoms with Gasteiger partial charge in [0, 0.05) is 12.2 Å². The summed E-state index contributed by atoms with van der Waals surface area (Å²) in [7, 11) is -3.41. The Kier molecular flexibility index (Phi) is 5.64. The van der Waals surface area contributed by atoms with E-state index < -0.39 is 10.0 Å². The second kappa shape index (κ2) is 6.76. The first-order valence-electron chi connectivity index (χ1n) is 6.11. The Morgan fingerprint density at radius 2 is 2.12 bits per heavy atom. The molecule has 0 aliphatic carbocycles. The van der Waals surface area contributed by atoms with Gasteiger partial charge in [-0.25, -0.2) is 13.1 Å². The first-order valence-corrected chi connectivity index (χ1v) is 7.59. The van der Waals surface area contributed by atoms with E-state index in [1.54, 1.807) is 0 Å². The monoisotopic (exact) mass is 259 g/mol. The van der Waals surface area contributed by atoms with Crippen molar-refractivity contribution in [1.82, 2.24) is 14.9 Å². The summed E-state index contributed by atoms with van der Waals surface area (Å²) in [6.07, 6.45) is 7.57. The first-order chi connectivity index (χ1) is 8.10. The fourth-order valence-corrected chi connectivity index (χ4v) is 2.94. The fourth-order valence-electron chi connectivity index (χ4n) is 1.73. The molecule has 0 bridgehead atoms. The molecule has 0 aliphatic heterocycles. The van der Waals surface area contributed by atoms with Crippen LogP contribution in [0.3, 0.4) is 0 Å². The number of unbranched alkanes of at least 4 members (excludes halogenated alkanes) is 1. The van der Waals surface area contributed by atoms with Crippen LogP contribution in [0.1, 0.15) is 46.0 Å².